The third kappa shape index (κ3) is 4.44. The zero-order valence-corrected chi connectivity index (χ0v) is 19.7. The lowest BCUT2D eigenvalue weighted by Crippen LogP contribution is -2.37. The van der Waals surface area contributed by atoms with Gasteiger partial charge in [-0.25, -0.2) is 9.97 Å². The summed E-state index contributed by atoms with van der Waals surface area (Å²) in [5, 5.41) is 8.44. The summed E-state index contributed by atoms with van der Waals surface area (Å²) in [5.74, 6) is -0.291. The number of thiazole rings is 2. The third-order valence-electron chi connectivity index (χ3n) is 5.68. The number of carbonyl (C=O) groups excluding carboxylic acids is 2. The van der Waals surface area contributed by atoms with Crippen LogP contribution in [-0.2, 0) is 26.1 Å². The summed E-state index contributed by atoms with van der Waals surface area (Å²) in [6.45, 7) is 1.88. The largest absolute Gasteiger partial charge is 0.334 e. The van der Waals surface area contributed by atoms with Gasteiger partial charge < -0.3 is 9.80 Å². The van der Waals surface area contributed by atoms with Gasteiger partial charge in [-0.15, -0.1) is 22.7 Å². The first-order valence-electron chi connectivity index (χ1n) is 10.5. The van der Waals surface area contributed by atoms with E-state index in [0.717, 1.165) is 22.5 Å². The van der Waals surface area contributed by atoms with Crippen molar-refractivity contribution in [2.24, 2.45) is 0 Å². The fraction of sp³-hybridized carbons (Fsp3) is 0.261. The minimum absolute atomic E-state index is 0.119. The molecule has 4 aromatic rings. The monoisotopic (exact) mass is 478 g/mol. The number of aromatic nitrogens is 4. The highest BCUT2D eigenvalue weighted by atomic mass is 32.1. The molecule has 10 heteroatoms. The molecule has 1 aromatic carbocycles. The molecule has 33 heavy (non-hydrogen) atoms. The van der Waals surface area contributed by atoms with Crippen LogP contribution >= 0.6 is 22.7 Å². The second-order valence-corrected chi connectivity index (χ2v) is 9.35. The summed E-state index contributed by atoms with van der Waals surface area (Å²) in [5.41, 5.74) is 8.02. The predicted molar refractivity (Wildman–Crippen MR) is 126 cm³/mol. The number of hydrogen-bond donors (Lipinski definition) is 0. The van der Waals surface area contributed by atoms with Gasteiger partial charge in [0.05, 0.1) is 36.3 Å². The first kappa shape index (κ1) is 21.5. The number of carbonyl (C=O) groups is 2. The van der Waals surface area contributed by atoms with Gasteiger partial charge in [-0.05, 0) is 5.56 Å². The molecule has 1 aliphatic heterocycles. The van der Waals surface area contributed by atoms with Crippen molar-refractivity contribution in [2.45, 2.75) is 26.1 Å². The van der Waals surface area contributed by atoms with Crippen LogP contribution in [0.5, 0.6) is 0 Å². The van der Waals surface area contributed by atoms with Crippen molar-refractivity contribution in [3.63, 3.8) is 0 Å². The molecule has 4 heterocycles. The summed E-state index contributed by atoms with van der Waals surface area (Å²) in [7, 11) is 1.76. The van der Waals surface area contributed by atoms with Crippen LogP contribution in [0.15, 0.2) is 52.1 Å². The Bertz CT molecular complexity index is 1250. The molecular formula is C23H22N6O2S2. The minimum Gasteiger partial charge on any atom is -0.334 e. The Hall–Kier alpha value is -3.37. The summed E-state index contributed by atoms with van der Waals surface area (Å²) in [6.07, 6.45) is 0.633. The van der Waals surface area contributed by atoms with E-state index in [-0.39, 0.29) is 11.8 Å². The van der Waals surface area contributed by atoms with E-state index >= 15 is 0 Å². The Morgan fingerprint density at radius 2 is 1.88 bits per heavy atom. The van der Waals surface area contributed by atoms with Crippen LogP contribution in [0.1, 0.15) is 43.5 Å². The Balaban J connectivity index is 1.47. The van der Waals surface area contributed by atoms with Crippen LogP contribution < -0.4 is 0 Å². The van der Waals surface area contributed by atoms with Gasteiger partial charge in [-0.2, -0.15) is 5.10 Å². The average molecular weight is 479 g/mol. The molecule has 0 saturated heterocycles. The maximum Gasteiger partial charge on any atom is 0.274 e. The quantitative estimate of drug-likeness (QED) is 0.425. The number of nitrogens with zero attached hydrogens (tertiary/aromatic N) is 6. The van der Waals surface area contributed by atoms with Crippen LogP contribution in [0.4, 0.5) is 0 Å². The molecule has 0 aliphatic carbocycles. The molecule has 5 rings (SSSR count). The molecule has 0 atom stereocenters. The molecule has 2 amide bonds. The normalized spacial score (nSPS) is 13.1. The van der Waals surface area contributed by atoms with Crippen molar-refractivity contribution in [3.05, 3.63) is 86.0 Å². The topological polar surface area (TPSA) is 84.2 Å². The molecule has 8 nitrogen and oxygen atoms in total. The molecule has 0 unspecified atom stereocenters. The summed E-state index contributed by atoms with van der Waals surface area (Å²) in [4.78, 5) is 38.2. The molecule has 0 fully saturated rings. The Morgan fingerprint density at radius 1 is 1.09 bits per heavy atom. The smallest absolute Gasteiger partial charge is 0.274 e. The van der Waals surface area contributed by atoms with Crippen LogP contribution in [-0.4, -0.2) is 55.0 Å². The zero-order chi connectivity index (χ0) is 22.8. The van der Waals surface area contributed by atoms with Crippen molar-refractivity contribution >= 4 is 34.5 Å². The van der Waals surface area contributed by atoms with Crippen molar-refractivity contribution in [1.82, 2.24) is 29.5 Å². The number of benzene rings is 1. The molecule has 0 bridgehead atoms. The standard InChI is InChI=1S/C23H22N6O2S2/c1-27(10-17-12-32-14-24-17)23(31)21-18-11-28(22(30)19-13-33-15-25-19)8-7-20(18)29(26-21)9-16-5-3-2-4-6-16/h2-6,12-15H,7-11H2,1H3. The van der Waals surface area contributed by atoms with Gasteiger partial charge in [0.1, 0.15) is 5.69 Å². The van der Waals surface area contributed by atoms with Crippen molar-refractivity contribution in [3.8, 4) is 0 Å². The lowest BCUT2D eigenvalue weighted by Gasteiger charge is -2.27. The minimum atomic E-state index is -0.172. The van der Waals surface area contributed by atoms with E-state index in [1.54, 1.807) is 33.2 Å². The third-order valence-corrected chi connectivity index (χ3v) is 6.90. The van der Waals surface area contributed by atoms with Crippen LogP contribution in [0, 0.1) is 0 Å². The highest BCUT2D eigenvalue weighted by Gasteiger charge is 2.32. The maximum absolute atomic E-state index is 13.4. The molecule has 168 valence electrons. The van der Waals surface area contributed by atoms with E-state index in [2.05, 4.69) is 9.97 Å². The number of fused-ring (bicyclic) bond motifs is 1. The van der Waals surface area contributed by atoms with E-state index in [0.29, 0.717) is 44.0 Å². The Kier molecular flexibility index (Phi) is 6.01. The van der Waals surface area contributed by atoms with Gasteiger partial charge in [0, 0.05) is 42.0 Å². The molecular weight excluding hydrogens is 456 g/mol. The summed E-state index contributed by atoms with van der Waals surface area (Å²) < 4.78 is 1.92. The number of rotatable bonds is 6. The van der Waals surface area contributed by atoms with Crippen LogP contribution in [0.2, 0.25) is 0 Å². The molecule has 0 N–H and O–H groups in total. The summed E-state index contributed by atoms with van der Waals surface area (Å²) in [6, 6.07) is 10.1. The lowest BCUT2D eigenvalue weighted by atomic mass is 10.0. The maximum atomic E-state index is 13.4. The first-order chi connectivity index (χ1) is 16.1. The van der Waals surface area contributed by atoms with Gasteiger partial charge >= 0.3 is 0 Å². The number of hydrogen-bond acceptors (Lipinski definition) is 7. The Morgan fingerprint density at radius 3 is 2.61 bits per heavy atom. The van der Waals surface area contributed by atoms with Gasteiger partial charge in [-0.3, -0.25) is 14.3 Å². The van der Waals surface area contributed by atoms with Crippen LogP contribution in [0.3, 0.4) is 0 Å². The van der Waals surface area contributed by atoms with E-state index in [1.165, 1.54) is 22.7 Å². The second kappa shape index (κ2) is 9.24. The van der Waals surface area contributed by atoms with Gasteiger partial charge in [0.2, 0.25) is 0 Å². The molecule has 3 aromatic heterocycles. The summed E-state index contributed by atoms with van der Waals surface area (Å²) >= 11 is 2.90. The van der Waals surface area contributed by atoms with E-state index in [9.17, 15) is 9.59 Å². The van der Waals surface area contributed by atoms with Crippen molar-refractivity contribution < 1.29 is 9.59 Å². The van der Waals surface area contributed by atoms with Gasteiger partial charge in [-0.1, -0.05) is 30.3 Å². The SMILES string of the molecule is CN(Cc1cscn1)C(=O)c1nn(Cc2ccccc2)c2c1CN(C(=O)c1cscn1)CC2. The first-order valence-corrected chi connectivity index (χ1v) is 12.4. The van der Waals surface area contributed by atoms with Gasteiger partial charge in [0.15, 0.2) is 5.69 Å². The zero-order valence-electron chi connectivity index (χ0n) is 18.0. The fourth-order valence-electron chi connectivity index (χ4n) is 4.01. The second-order valence-electron chi connectivity index (χ2n) is 7.91. The Labute approximate surface area is 199 Å². The van der Waals surface area contributed by atoms with E-state index < -0.39 is 0 Å². The lowest BCUT2D eigenvalue weighted by molar-refractivity contribution is 0.0716. The predicted octanol–water partition coefficient (Wildman–Crippen LogP) is 3.32. The highest BCUT2D eigenvalue weighted by molar-refractivity contribution is 7.07. The van der Waals surface area contributed by atoms with Crippen molar-refractivity contribution in [2.75, 3.05) is 13.6 Å². The molecule has 0 saturated carbocycles. The van der Waals surface area contributed by atoms with E-state index in [4.69, 9.17) is 5.10 Å². The van der Waals surface area contributed by atoms with Crippen molar-refractivity contribution in [1.29, 1.82) is 0 Å². The average Bonchev–Trinajstić information content (AvgIpc) is 3.61. The fourth-order valence-corrected chi connectivity index (χ4v) is 5.09. The molecule has 0 radical (unpaired) electrons. The van der Waals surface area contributed by atoms with E-state index in [1.807, 2.05) is 40.4 Å². The highest BCUT2D eigenvalue weighted by Crippen LogP contribution is 2.26. The van der Waals surface area contributed by atoms with Gasteiger partial charge in [0.25, 0.3) is 11.8 Å². The van der Waals surface area contributed by atoms with Crippen LogP contribution in [0.25, 0.3) is 0 Å². The molecule has 0 spiro atoms. The molecule has 1 aliphatic rings. The number of amides is 2.